The highest BCUT2D eigenvalue weighted by atomic mass is 32.2. The van der Waals surface area contributed by atoms with Crippen molar-refractivity contribution in [1.82, 2.24) is 0 Å². The van der Waals surface area contributed by atoms with E-state index in [1.807, 2.05) is 0 Å². The van der Waals surface area contributed by atoms with E-state index in [-0.39, 0.29) is 15.5 Å². The van der Waals surface area contributed by atoms with Crippen LogP contribution in [0.2, 0.25) is 0 Å². The number of hydrogen-bond acceptors (Lipinski definition) is 6. The molecular formula is C22H19FN4O5S2. The van der Waals surface area contributed by atoms with Crippen molar-refractivity contribution in [3.8, 4) is 0 Å². The highest BCUT2D eigenvalue weighted by molar-refractivity contribution is 7.89. The highest BCUT2D eigenvalue weighted by Crippen LogP contribution is 2.36. The molecule has 5 N–H and O–H groups in total. The van der Waals surface area contributed by atoms with Crippen molar-refractivity contribution in [2.24, 2.45) is 10.3 Å². The fourth-order valence-corrected chi connectivity index (χ4v) is 4.55. The van der Waals surface area contributed by atoms with Crippen LogP contribution in [0.1, 0.15) is 11.6 Å². The summed E-state index contributed by atoms with van der Waals surface area (Å²) in [6.07, 6.45) is 1.64. The van der Waals surface area contributed by atoms with E-state index >= 15 is 0 Å². The zero-order valence-electron chi connectivity index (χ0n) is 17.4. The quantitative estimate of drug-likeness (QED) is 0.470. The van der Waals surface area contributed by atoms with Crippen LogP contribution >= 0.6 is 0 Å². The average Bonchev–Trinajstić information content (AvgIpc) is 3.09. The predicted molar refractivity (Wildman–Crippen MR) is 124 cm³/mol. The minimum absolute atomic E-state index is 0.0782. The van der Waals surface area contributed by atoms with Crippen molar-refractivity contribution in [2.75, 3.05) is 10.2 Å². The number of primary sulfonamides is 2. The van der Waals surface area contributed by atoms with Crippen molar-refractivity contribution in [3.05, 3.63) is 96.0 Å². The topological polar surface area (TPSA) is 153 Å². The van der Waals surface area contributed by atoms with Crippen LogP contribution in [0.3, 0.4) is 0 Å². The number of nitrogens with one attached hydrogen (secondary N) is 1. The molecule has 0 bridgehead atoms. The van der Waals surface area contributed by atoms with E-state index in [0.717, 1.165) is 0 Å². The normalized spacial score (nSPS) is 16.4. The van der Waals surface area contributed by atoms with Gasteiger partial charge in [-0.25, -0.2) is 31.5 Å². The van der Waals surface area contributed by atoms with Crippen molar-refractivity contribution in [2.45, 2.75) is 15.8 Å². The molecule has 1 aliphatic rings. The fourth-order valence-electron chi connectivity index (χ4n) is 3.52. The first kappa shape index (κ1) is 23.6. The van der Waals surface area contributed by atoms with Crippen LogP contribution in [0.4, 0.5) is 15.8 Å². The SMILES string of the molecule is NS(=O)(=O)c1ccc(NC2=C[C@H](c3ccc(F)cc3)N(c3ccc(S(N)(=O)=O)cc3)C2=O)cc1. The molecule has 0 saturated heterocycles. The molecule has 0 spiro atoms. The lowest BCUT2D eigenvalue weighted by atomic mass is 10.1. The number of nitrogens with zero attached hydrogens (tertiary/aromatic N) is 1. The van der Waals surface area contributed by atoms with Crippen molar-refractivity contribution < 1.29 is 26.0 Å². The summed E-state index contributed by atoms with van der Waals surface area (Å²) in [5, 5.41) is 13.2. The molecular weight excluding hydrogens is 483 g/mol. The lowest BCUT2D eigenvalue weighted by Gasteiger charge is -2.25. The van der Waals surface area contributed by atoms with Crippen molar-refractivity contribution in [1.29, 1.82) is 0 Å². The summed E-state index contributed by atoms with van der Waals surface area (Å²) in [5.74, 6) is -0.873. The minimum Gasteiger partial charge on any atom is -0.351 e. The first-order valence-electron chi connectivity index (χ1n) is 9.77. The maximum Gasteiger partial charge on any atom is 0.275 e. The van der Waals surface area contributed by atoms with Crippen LogP contribution in [0, 0.1) is 5.82 Å². The average molecular weight is 503 g/mol. The van der Waals surface area contributed by atoms with Crippen LogP contribution in [-0.4, -0.2) is 22.7 Å². The summed E-state index contributed by atoms with van der Waals surface area (Å²) < 4.78 is 59.6. The van der Waals surface area contributed by atoms with Gasteiger partial charge in [0.15, 0.2) is 0 Å². The van der Waals surface area contributed by atoms with Gasteiger partial charge < -0.3 is 5.32 Å². The number of hydrogen-bond donors (Lipinski definition) is 3. The first-order valence-corrected chi connectivity index (χ1v) is 12.9. The monoisotopic (exact) mass is 502 g/mol. The summed E-state index contributed by atoms with van der Waals surface area (Å²) in [5.41, 5.74) is 1.64. The molecule has 0 aromatic heterocycles. The van der Waals surface area contributed by atoms with Gasteiger partial charge in [0.2, 0.25) is 20.0 Å². The van der Waals surface area contributed by atoms with Crippen molar-refractivity contribution >= 4 is 37.3 Å². The number of carbonyl (C=O) groups excluding carboxylic acids is 1. The van der Waals surface area contributed by atoms with E-state index in [2.05, 4.69) is 5.32 Å². The third-order valence-electron chi connectivity index (χ3n) is 5.17. The van der Waals surface area contributed by atoms with Gasteiger partial charge in [-0.1, -0.05) is 12.1 Å². The van der Waals surface area contributed by atoms with Crippen LogP contribution in [0.25, 0.3) is 0 Å². The van der Waals surface area contributed by atoms with E-state index in [9.17, 15) is 26.0 Å². The van der Waals surface area contributed by atoms with Gasteiger partial charge in [0.05, 0.1) is 15.8 Å². The first-order chi connectivity index (χ1) is 15.9. The molecule has 3 aromatic carbocycles. The number of nitrogens with two attached hydrogens (primary N) is 2. The number of amides is 1. The Morgan fingerprint density at radius 3 is 1.76 bits per heavy atom. The summed E-state index contributed by atoms with van der Waals surface area (Å²) in [6.45, 7) is 0. The van der Waals surface area contributed by atoms with Crippen LogP contribution < -0.4 is 20.5 Å². The molecule has 0 radical (unpaired) electrons. The Labute approximate surface area is 195 Å². The summed E-state index contributed by atoms with van der Waals surface area (Å²) in [7, 11) is -7.78. The molecule has 0 fully saturated rings. The smallest absolute Gasteiger partial charge is 0.275 e. The van der Waals surface area contributed by atoms with Gasteiger partial charge in [0.1, 0.15) is 11.5 Å². The second-order valence-corrected chi connectivity index (χ2v) is 10.6. The summed E-state index contributed by atoms with van der Waals surface area (Å²) in [6, 6.07) is 16.0. The maximum atomic E-state index is 13.5. The van der Waals surface area contributed by atoms with Gasteiger partial charge in [0.25, 0.3) is 5.91 Å². The largest absolute Gasteiger partial charge is 0.351 e. The van der Waals surface area contributed by atoms with Crippen LogP contribution in [0.5, 0.6) is 0 Å². The Hall–Kier alpha value is -3.58. The van der Waals surface area contributed by atoms with E-state index in [1.54, 1.807) is 18.2 Å². The predicted octanol–water partition coefficient (Wildman–Crippen LogP) is 2.20. The number of sulfonamides is 2. The standard InChI is InChI=1S/C22H19FN4O5S2/c23-15-3-1-14(2-4-15)21-13-20(26-16-5-9-18(10-6-16)33(24,29)30)22(28)27(21)17-7-11-19(12-8-17)34(25,31)32/h1-13,21,26H,(H2,24,29,30)(H2,25,31,32)/t21-/m1/s1. The lowest BCUT2D eigenvalue weighted by Crippen LogP contribution is -2.30. The van der Waals surface area contributed by atoms with Gasteiger partial charge in [-0.05, 0) is 72.3 Å². The number of rotatable bonds is 6. The van der Waals surface area contributed by atoms with E-state index in [1.165, 1.54) is 65.6 Å². The summed E-state index contributed by atoms with van der Waals surface area (Å²) >= 11 is 0. The zero-order chi connectivity index (χ0) is 24.7. The number of anilines is 2. The molecule has 34 heavy (non-hydrogen) atoms. The fraction of sp³-hybridized carbons (Fsp3) is 0.0455. The Balaban J connectivity index is 1.70. The van der Waals surface area contributed by atoms with Crippen molar-refractivity contribution in [3.63, 3.8) is 0 Å². The minimum atomic E-state index is -3.91. The third-order valence-corrected chi connectivity index (χ3v) is 7.03. The molecule has 1 atom stereocenters. The van der Waals surface area contributed by atoms with Gasteiger partial charge >= 0.3 is 0 Å². The molecule has 1 heterocycles. The molecule has 9 nitrogen and oxygen atoms in total. The molecule has 0 saturated carbocycles. The molecule has 3 aromatic rings. The van der Waals surface area contributed by atoms with E-state index in [4.69, 9.17) is 10.3 Å². The summed E-state index contributed by atoms with van der Waals surface area (Å²) in [4.78, 5) is 14.6. The molecule has 0 aliphatic carbocycles. The number of carbonyl (C=O) groups is 1. The number of benzene rings is 3. The zero-order valence-corrected chi connectivity index (χ0v) is 19.1. The Morgan fingerprint density at radius 2 is 1.26 bits per heavy atom. The highest BCUT2D eigenvalue weighted by Gasteiger charge is 2.35. The molecule has 176 valence electrons. The van der Waals surface area contributed by atoms with Gasteiger partial charge in [0, 0.05) is 11.4 Å². The lowest BCUT2D eigenvalue weighted by molar-refractivity contribution is -0.114. The van der Waals surface area contributed by atoms with Crippen LogP contribution in [-0.2, 0) is 24.8 Å². The molecule has 4 rings (SSSR count). The van der Waals surface area contributed by atoms with E-state index in [0.29, 0.717) is 16.9 Å². The molecule has 1 aliphatic heterocycles. The Kier molecular flexibility index (Phi) is 6.00. The van der Waals surface area contributed by atoms with Gasteiger partial charge in [-0.3, -0.25) is 9.69 Å². The van der Waals surface area contributed by atoms with Gasteiger partial charge in [-0.2, -0.15) is 0 Å². The number of halogens is 1. The second-order valence-electron chi connectivity index (χ2n) is 7.49. The molecule has 1 amide bonds. The van der Waals surface area contributed by atoms with E-state index < -0.39 is 37.8 Å². The van der Waals surface area contributed by atoms with Crippen LogP contribution in [0.15, 0.2) is 94.4 Å². The molecule has 12 heteroatoms. The second kappa shape index (κ2) is 8.65. The maximum absolute atomic E-state index is 13.5. The Bertz CT molecular complexity index is 1490. The van der Waals surface area contributed by atoms with Gasteiger partial charge in [-0.15, -0.1) is 0 Å². The molecule has 0 unspecified atom stereocenters. The Morgan fingerprint density at radius 1 is 0.765 bits per heavy atom. The third kappa shape index (κ3) is 4.84.